The number of rotatable bonds is 4. The summed E-state index contributed by atoms with van der Waals surface area (Å²) in [4.78, 5) is 19.3. The van der Waals surface area contributed by atoms with Crippen LogP contribution in [-0.4, -0.2) is 9.97 Å². The second-order valence-electron chi connectivity index (χ2n) is 4.44. The normalized spacial score (nSPS) is 15.8. The van der Waals surface area contributed by atoms with Crippen molar-refractivity contribution in [2.24, 2.45) is 0 Å². The molecule has 88 valence electrons. The van der Waals surface area contributed by atoms with Gasteiger partial charge in [0.15, 0.2) is 0 Å². The minimum Gasteiger partial charge on any atom is -0.309 e. The fourth-order valence-electron chi connectivity index (χ4n) is 1.99. The van der Waals surface area contributed by atoms with Crippen molar-refractivity contribution in [3.8, 4) is 0 Å². The number of halogens is 1. The van der Waals surface area contributed by atoms with Crippen molar-refractivity contribution in [3.05, 3.63) is 26.3 Å². The van der Waals surface area contributed by atoms with E-state index < -0.39 is 0 Å². The summed E-state index contributed by atoms with van der Waals surface area (Å²) in [5.41, 5.74) is 0.935. The molecule has 0 amide bonds. The minimum absolute atomic E-state index is 0.0289. The molecule has 0 saturated heterocycles. The first-order valence-corrected chi connectivity index (χ1v) is 6.76. The Morgan fingerprint density at radius 2 is 2.06 bits per heavy atom. The van der Waals surface area contributed by atoms with Crippen LogP contribution in [0.2, 0.25) is 0 Å². The predicted molar refractivity (Wildman–Crippen MR) is 67.9 cm³/mol. The van der Waals surface area contributed by atoms with Crippen LogP contribution in [0.5, 0.6) is 0 Å². The molecule has 0 bridgehead atoms. The Morgan fingerprint density at radius 3 is 2.56 bits per heavy atom. The molecule has 4 heteroatoms. The molecule has 16 heavy (non-hydrogen) atoms. The van der Waals surface area contributed by atoms with Gasteiger partial charge in [-0.1, -0.05) is 13.8 Å². The topological polar surface area (TPSA) is 45.8 Å². The van der Waals surface area contributed by atoms with Crippen LogP contribution in [0, 0.1) is 0 Å². The summed E-state index contributed by atoms with van der Waals surface area (Å²) in [7, 11) is 0. The van der Waals surface area contributed by atoms with E-state index in [2.05, 4.69) is 39.7 Å². The molecule has 2 rings (SSSR count). The Bertz CT molecular complexity index is 433. The molecule has 1 aromatic rings. The third-order valence-electron chi connectivity index (χ3n) is 3.24. The van der Waals surface area contributed by atoms with Gasteiger partial charge in [0.1, 0.15) is 10.3 Å². The summed E-state index contributed by atoms with van der Waals surface area (Å²) < 4.78 is 0.629. The van der Waals surface area contributed by atoms with Crippen molar-refractivity contribution in [2.45, 2.75) is 51.4 Å². The smallest absolute Gasteiger partial charge is 0.265 e. The number of H-pyrrole nitrogens is 1. The van der Waals surface area contributed by atoms with Gasteiger partial charge in [-0.2, -0.15) is 0 Å². The molecule has 1 aromatic heterocycles. The Balaban J connectivity index is 2.43. The molecular weight excluding hydrogens is 268 g/mol. The van der Waals surface area contributed by atoms with Crippen LogP contribution in [0.1, 0.15) is 62.9 Å². The van der Waals surface area contributed by atoms with Crippen molar-refractivity contribution >= 4 is 15.9 Å². The maximum Gasteiger partial charge on any atom is 0.265 e. The summed E-state index contributed by atoms with van der Waals surface area (Å²) in [6, 6.07) is 0. The molecule has 0 aromatic carbocycles. The SMILES string of the molecule is CCC(CC)c1nc(C2CC2)c(Br)c(=O)[nH]1. The molecule has 0 atom stereocenters. The standard InChI is InChI=1S/C12H17BrN2O/c1-3-7(4-2)11-14-10(8-5-6-8)9(13)12(16)15-11/h7-8H,3-6H2,1-2H3,(H,14,15,16). The average molecular weight is 285 g/mol. The second kappa shape index (κ2) is 4.70. The highest BCUT2D eigenvalue weighted by atomic mass is 79.9. The zero-order valence-electron chi connectivity index (χ0n) is 9.72. The minimum atomic E-state index is -0.0289. The molecule has 0 radical (unpaired) electrons. The Kier molecular flexibility index (Phi) is 3.47. The first-order chi connectivity index (χ1) is 7.67. The third-order valence-corrected chi connectivity index (χ3v) is 4.01. The molecule has 1 saturated carbocycles. The highest BCUT2D eigenvalue weighted by Gasteiger charge is 2.29. The van der Waals surface area contributed by atoms with Gasteiger partial charge in [-0.3, -0.25) is 4.79 Å². The molecule has 0 spiro atoms. The summed E-state index contributed by atoms with van der Waals surface area (Å²) in [5.74, 6) is 1.74. The fourth-order valence-corrected chi connectivity index (χ4v) is 2.50. The lowest BCUT2D eigenvalue weighted by atomic mass is 10.0. The van der Waals surface area contributed by atoms with Crippen LogP contribution in [0.15, 0.2) is 9.27 Å². The molecule has 1 aliphatic carbocycles. The van der Waals surface area contributed by atoms with Gasteiger partial charge in [-0.25, -0.2) is 4.98 Å². The molecule has 1 heterocycles. The van der Waals surface area contributed by atoms with Gasteiger partial charge < -0.3 is 4.98 Å². The lowest BCUT2D eigenvalue weighted by molar-refractivity contribution is 0.593. The molecule has 1 fully saturated rings. The molecular formula is C12H17BrN2O. The van der Waals surface area contributed by atoms with E-state index in [9.17, 15) is 4.79 Å². The maximum absolute atomic E-state index is 11.8. The van der Waals surface area contributed by atoms with Gasteiger partial charge in [0.2, 0.25) is 0 Å². The van der Waals surface area contributed by atoms with Crippen LogP contribution >= 0.6 is 15.9 Å². The summed E-state index contributed by atoms with van der Waals surface area (Å²) >= 11 is 3.34. The van der Waals surface area contributed by atoms with Crippen molar-refractivity contribution in [2.75, 3.05) is 0 Å². The number of aromatic nitrogens is 2. The highest BCUT2D eigenvalue weighted by Crippen LogP contribution is 2.41. The van der Waals surface area contributed by atoms with Crippen molar-refractivity contribution in [1.29, 1.82) is 0 Å². The molecule has 1 aliphatic rings. The highest BCUT2D eigenvalue weighted by molar-refractivity contribution is 9.10. The largest absolute Gasteiger partial charge is 0.309 e. The monoisotopic (exact) mass is 284 g/mol. The molecule has 0 unspecified atom stereocenters. The van der Waals surface area contributed by atoms with Gasteiger partial charge in [-0.05, 0) is 41.6 Å². The zero-order valence-corrected chi connectivity index (χ0v) is 11.3. The first kappa shape index (κ1) is 11.8. The van der Waals surface area contributed by atoms with E-state index in [1.807, 2.05) is 0 Å². The predicted octanol–water partition coefficient (Wildman–Crippen LogP) is 3.31. The van der Waals surface area contributed by atoms with Crippen molar-refractivity contribution in [3.63, 3.8) is 0 Å². The third kappa shape index (κ3) is 2.21. The molecule has 3 nitrogen and oxygen atoms in total. The molecule has 1 N–H and O–H groups in total. The second-order valence-corrected chi connectivity index (χ2v) is 5.23. The van der Waals surface area contributed by atoms with E-state index in [0.29, 0.717) is 16.3 Å². The number of nitrogens with one attached hydrogen (secondary N) is 1. The summed E-state index contributed by atoms with van der Waals surface area (Å²) in [5, 5.41) is 0. The van der Waals surface area contributed by atoms with Crippen molar-refractivity contribution in [1.82, 2.24) is 9.97 Å². The van der Waals surface area contributed by atoms with Crippen LogP contribution < -0.4 is 5.56 Å². The van der Waals surface area contributed by atoms with Crippen LogP contribution in [0.25, 0.3) is 0 Å². The van der Waals surface area contributed by atoms with Gasteiger partial charge in [0, 0.05) is 11.8 Å². The van der Waals surface area contributed by atoms with Gasteiger partial charge >= 0.3 is 0 Å². The van der Waals surface area contributed by atoms with Crippen LogP contribution in [0.4, 0.5) is 0 Å². The summed E-state index contributed by atoms with van der Waals surface area (Å²) in [6.45, 7) is 4.26. The Morgan fingerprint density at radius 1 is 1.44 bits per heavy atom. The van der Waals surface area contributed by atoms with Gasteiger partial charge in [0.05, 0.1) is 5.69 Å². The van der Waals surface area contributed by atoms with Gasteiger partial charge in [-0.15, -0.1) is 0 Å². The average Bonchev–Trinajstić information content (AvgIpc) is 3.08. The number of hydrogen-bond donors (Lipinski definition) is 1. The van der Waals surface area contributed by atoms with Crippen LogP contribution in [-0.2, 0) is 0 Å². The van der Waals surface area contributed by atoms with E-state index in [1.54, 1.807) is 0 Å². The first-order valence-electron chi connectivity index (χ1n) is 5.96. The maximum atomic E-state index is 11.8. The van der Waals surface area contributed by atoms with E-state index >= 15 is 0 Å². The lowest BCUT2D eigenvalue weighted by Crippen LogP contribution is -2.17. The van der Waals surface area contributed by atoms with E-state index in [-0.39, 0.29) is 5.56 Å². The molecule has 0 aliphatic heterocycles. The fraction of sp³-hybridized carbons (Fsp3) is 0.667. The zero-order chi connectivity index (χ0) is 11.7. The Hall–Kier alpha value is -0.640. The van der Waals surface area contributed by atoms with E-state index in [1.165, 1.54) is 0 Å². The van der Waals surface area contributed by atoms with E-state index in [0.717, 1.165) is 37.2 Å². The number of hydrogen-bond acceptors (Lipinski definition) is 2. The Labute approximate surface area is 104 Å². The quantitative estimate of drug-likeness (QED) is 0.922. The summed E-state index contributed by atoms with van der Waals surface area (Å²) in [6.07, 6.45) is 4.37. The number of nitrogens with zero attached hydrogens (tertiary/aromatic N) is 1. The van der Waals surface area contributed by atoms with Gasteiger partial charge in [0.25, 0.3) is 5.56 Å². The lowest BCUT2D eigenvalue weighted by Gasteiger charge is -2.13. The van der Waals surface area contributed by atoms with E-state index in [4.69, 9.17) is 0 Å². The van der Waals surface area contributed by atoms with Crippen LogP contribution in [0.3, 0.4) is 0 Å². The number of aromatic amines is 1. The van der Waals surface area contributed by atoms with Crippen molar-refractivity contribution < 1.29 is 0 Å².